The highest BCUT2D eigenvalue weighted by Gasteiger charge is 2.42. The molecule has 2 fully saturated rings. The van der Waals surface area contributed by atoms with Crippen molar-refractivity contribution in [3.63, 3.8) is 0 Å². The Morgan fingerprint density at radius 2 is 1.83 bits per heavy atom. The Bertz CT molecular complexity index is 805. The van der Waals surface area contributed by atoms with E-state index in [4.69, 9.17) is 5.14 Å². The van der Waals surface area contributed by atoms with Crippen LogP contribution in [0.4, 0.5) is 0 Å². The van der Waals surface area contributed by atoms with Gasteiger partial charge < -0.3 is 0 Å². The van der Waals surface area contributed by atoms with Crippen LogP contribution >= 0.6 is 0 Å². The first-order chi connectivity index (χ1) is 10.7. The molecule has 4 atom stereocenters. The fraction of sp³-hybridized carbons (Fsp3) is 0.600. The Morgan fingerprint density at radius 1 is 1.13 bits per heavy atom. The first-order valence-corrected chi connectivity index (χ1v) is 10.8. The highest BCUT2D eigenvalue weighted by molar-refractivity contribution is 7.90. The molecule has 0 aliphatic heterocycles. The van der Waals surface area contributed by atoms with Gasteiger partial charge in [-0.3, -0.25) is 0 Å². The monoisotopic (exact) mass is 358 g/mol. The molecule has 2 aliphatic rings. The number of primary sulfonamides is 1. The molecule has 6 nitrogen and oxygen atoms in total. The van der Waals surface area contributed by atoms with E-state index >= 15 is 0 Å². The minimum Gasteiger partial charge on any atom is -0.225 e. The van der Waals surface area contributed by atoms with E-state index in [1.54, 1.807) is 0 Å². The van der Waals surface area contributed by atoms with Gasteiger partial charge in [-0.05, 0) is 62.1 Å². The lowest BCUT2D eigenvalue weighted by molar-refractivity contribution is 0.280. The van der Waals surface area contributed by atoms with Crippen LogP contribution in [0.25, 0.3) is 0 Å². The molecule has 3 rings (SSSR count). The third kappa shape index (κ3) is 3.45. The molecule has 128 valence electrons. The number of rotatable bonds is 5. The van der Waals surface area contributed by atoms with Crippen LogP contribution in [-0.4, -0.2) is 22.9 Å². The molecule has 1 aromatic rings. The van der Waals surface area contributed by atoms with Crippen LogP contribution in [-0.2, 0) is 20.0 Å². The molecular formula is C15H22N2O4S2. The highest BCUT2D eigenvalue weighted by Crippen LogP contribution is 2.49. The quantitative estimate of drug-likeness (QED) is 0.830. The zero-order valence-electron chi connectivity index (χ0n) is 13.0. The predicted octanol–water partition coefficient (Wildman–Crippen LogP) is 1.44. The van der Waals surface area contributed by atoms with E-state index in [9.17, 15) is 16.8 Å². The highest BCUT2D eigenvalue weighted by atomic mass is 32.2. The molecule has 0 aromatic heterocycles. The molecule has 0 radical (unpaired) electrons. The summed E-state index contributed by atoms with van der Waals surface area (Å²) in [6, 6.07) is 4.99. The Kier molecular flexibility index (Phi) is 4.29. The number of fused-ring (bicyclic) bond motifs is 2. The van der Waals surface area contributed by atoms with Gasteiger partial charge in [0, 0.05) is 6.04 Å². The van der Waals surface area contributed by atoms with E-state index < -0.39 is 20.0 Å². The summed E-state index contributed by atoms with van der Waals surface area (Å²) in [6.45, 7) is 1.90. The lowest BCUT2D eigenvalue weighted by atomic mass is 9.84. The summed E-state index contributed by atoms with van der Waals surface area (Å²) in [5, 5.41) is 5.07. The van der Waals surface area contributed by atoms with Gasteiger partial charge in [0.25, 0.3) is 0 Å². The zero-order chi connectivity index (χ0) is 16.8. The van der Waals surface area contributed by atoms with Gasteiger partial charge in [-0.2, -0.15) is 0 Å². The van der Waals surface area contributed by atoms with Crippen molar-refractivity contribution in [3.05, 3.63) is 24.3 Å². The maximum absolute atomic E-state index is 12.5. The van der Waals surface area contributed by atoms with Gasteiger partial charge in [0.15, 0.2) is 0 Å². The average Bonchev–Trinajstić information content (AvgIpc) is 3.09. The maximum Gasteiger partial charge on any atom is 0.240 e. The van der Waals surface area contributed by atoms with Crippen molar-refractivity contribution >= 4 is 20.0 Å². The molecule has 3 N–H and O–H groups in total. The van der Waals surface area contributed by atoms with Crippen molar-refractivity contribution in [3.8, 4) is 0 Å². The smallest absolute Gasteiger partial charge is 0.225 e. The third-order valence-corrected chi connectivity index (χ3v) is 7.69. The maximum atomic E-state index is 12.5. The molecule has 2 aliphatic carbocycles. The van der Waals surface area contributed by atoms with Crippen molar-refractivity contribution < 1.29 is 16.8 Å². The van der Waals surface area contributed by atoms with Crippen LogP contribution in [0.3, 0.4) is 0 Å². The summed E-state index contributed by atoms with van der Waals surface area (Å²) in [4.78, 5) is -0.271. The molecule has 2 bridgehead atoms. The first kappa shape index (κ1) is 16.9. The van der Waals surface area contributed by atoms with Gasteiger partial charge in [0.1, 0.15) is 0 Å². The molecular weight excluding hydrogens is 336 g/mol. The molecule has 23 heavy (non-hydrogen) atoms. The standard InChI is InChI=1S/C15H22N2O4S2/c1-10(15-8-11-5-6-12(15)7-11)17-23(20,21)14-4-2-3-13(9-14)22(16,18)19/h2-4,9-12,15,17H,5-8H2,1H3,(H2,16,18,19)/t10-,11+,12+,15-/m1/s1. The number of sulfonamides is 2. The van der Waals surface area contributed by atoms with E-state index in [1.807, 2.05) is 6.92 Å². The Hall–Kier alpha value is -0.960. The van der Waals surface area contributed by atoms with Gasteiger partial charge in [-0.1, -0.05) is 12.5 Å². The summed E-state index contributed by atoms with van der Waals surface area (Å²) >= 11 is 0. The van der Waals surface area contributed by atoms with E-state index in [1.165, 1.54) is 37.5 Å². The normalized spacial score (nSPS) is 28.9. The Labute approximate surface area is 137 Å². The number of nitrogens with one attached hydrogen (secondary N) is 1. The van der Waals surface area contributed by atoms with Crippen molar-refractivity contribution in [1.82, 2.24) is 4.72 Å². The van der Waals surface area contributed by atoms with E-state index in [0.717, 1.165) is 18.4 Å². The number of hydrogen-bond donors (Lipinski definition) is 2. The van der Waals surface area contributed by atoms with Gasteiger partial charge in [0.2, 0.25) is 20.0 Å². The van der Waals surface area contributed by atoms with Crippen LogP contribution < -0.4 is 9.86 Å². The fourth-order valence-electron chi connectivity index (χ4n) is 4.12. The SMILES string of the molecule is C[C@@H](NS(=O)(=O)c1cccc(S(N)(=O)=O)c1)[C@H]1C[C@H]2CC[C@H]1C2. The molecule has 0 heterocycles. The van der Waals surface area contributed by atoms with Gasteiger partial charge in [-0.25, -0.2) is 26.7 Å². The van der Waals surface area contributed by atoms with Crippen molar-refractivity contribution in [2.24, 2.45) is 22.9 Å². The summed E-state index contributed by atoms with van der Waals surface area (Å²) in [6.07, 6.45) is 4.72. The van der Waals surface area contributed by atoms with Crippen LogP contribution in [0, 0.1) is 17.8 Å². The first-order valence-electron chi connectivity index (χ1n) is 7.82. The van der Waals surface area contributed by atoms with E-state index in [2.05, 4.69) is 4.72 Å². The topological polar surface area (TPSA) is 106 Å². The molecule has 0 amide bonds. The molecule has 0 saturated heterocycles. The van der Waals surface area contributed by atoms with Crippen LogP contribution in [0.1, 0.15) is 32.6 Å². The minimum absolute atomic E-state index is 0.0703. The van der Waals surface area contributed by atoms with Gasteiger partial charge in [-0.15, -0.1) is 0 Å². The number of benzene rings is 1. The van der Waals surface area contributed by atoms with Crippen LogP contribution in [0.15, 0.2) is 34.1 Å². The number of nitrogens with two attached hydrogens (primary N) is 1. The molecule has 1 aromatic carbocycles. The summed E-state index contributed by atoms with van der Waals surface area (Å²) in [7, 11) is -7.70. The second-order valence-corrected chi connectivity index (χ2v) is 10.0. The van der Waals surface area contributed by atoms with Crippen molar-refractivity contribution in [2.45, 2.75) is 48.4 Å². The van der Waals surface area contributed by atoms with E-state index in [-0.39, 0.29) is 15.8 Å². The molecule has 0 unspecified atom stereocenters. The van der Waals surface area contributed by atoms with Crippen molar-refractivity contribution in [1.29, 1.82) is 0 Å². The largest absolute Gasteiger partial charge is 0.240 e. The minimum atomic E-state index is -3.93. The second-order valence-electron chi connectivity index (χ2n) is 6.77. The zero-order valence-corrected chi connectivity index (χ0v) is 14.6. The molecule has 0 spiro atoms. The second kappa shape index (κ2) is 5.84. The summed E-state index contributed by atoms with van der Waals surface area (Å²) in [5.74, 6) is 1.71. The average molecular weight is 358 g/mol. The predicted molar refractivity (Wildman–Crippen MR) is 86.5 cm³/mol. The van der Waals surface area contributed by atoms with Gasteiger partial charge in [0.05, 0.1) is 9.79 Å². The fourth-order valence-corrected chi connectivity index (χ4v) is 6.10. The third-order valence-electron chi connectivity index (χ3n) is 5.22. The number of hydrogen-bond acceptors (Lipinski definition) is 4. The van der Waals surface area contributed by atoms with Crippen molar-refractivity contribution in [2.75, 3.05) is 0 Å². The van der Waals surface area contributed by atoms with Gasteiger partial charge >= 0.3 is 0 Å². The van der Waals surface area contributed by atoms with E-state index in [0.29, 0.717) is 11.8 Å². The summed E-state index contributed by atoms with van der Waals surface area (Å²) < 4.78 is 50.6. The van der Waals surface area contributed by atoms with Crippen LogP contribution in [0.5, 0.6) is 0 Å². The molecule has 2 saturated carbocycles. The van der Waals surface area contributed by atoms with Crippen LogP contribution in [0.2, 0.25) is 0 Å². The lowest BCUT2D eigenvalue weighted by Crippen LogP contribution is -2.40. The molecule has 8 heteroatoms. The Morgan fingerprint density at radius 3 is 2.39 bits per heavy atom. The summed E-state index contributed by atoms with van der Waals surface area (Å²) in [5.41, 5.74) is 0. The Balaban J connectivity index is 1.79. The lowest BCUT2D eigenvalue weighted by Gasteiger charge is -2.28.